The van der Waals surface area contributed by atoms with Crippen molar-refractivity contribution in [3.63, 3.8) is 0 Å². The third kappa shape index (κ3) is 3.07. The van der Waals surface area contributed by atoms with E-state index in [9.17, 15) is 4.79 Å². The highest BCUT2D eigenvalue weighted by molar-refractivity contribution is 9.10. The SMILES string of the molecule is Cc1cc(Br)cc(C=O)c1OCC1CCCO1. The quantitative estimate of drug-likeness (QED) is 0.801. The van der Waals surface area contributed by atoms with E-state index in [0.717, 1.165) is 35.8 Å². The smallest absolute Gasteiger partial charge is 0.153 e. The van der Waals surface area contributed by atoms with Crippen molar-refractivity contribution in [2.45, 2.75) is 25.9 Å². The summed E-state index contributed by atoms with van der Waals surface area (Å²) in [4.78, 5) is 11.0. The van der Waals surface area contributed by atoms with Gasteiger partial charge in [-0.3, -0.25) is 4.79 Å². The number of rotatable bonds is 4. The summed E-state index contributed by atoms with van der Waals surface area (Å²) in [5.74, 6) is 0.665. The first-order valence-electron chi connectivity index (χ1n) is 5.70. The van der Waals surface area contributed by atoms with E-state index in [0.29, 0.717) is 17.9 Å². The summed E-state index contributed by atoms with van der Waals surface area (Å²) in [7, 11) is 0. The summed E-state index contributed by atoms with van der Waals surface area (Å²) < 4.78 is 12.1. The molecule has 0 spiro atoms. The van der Waals surface area contributed by atoms with Crippen LogP contribution in [-0.4, -0.2) is 25.6 Å². The van der Waals surface area contributed by atoms with Gasteiger partial charge in [-0.25, -0.2) is 0 Å². The monoisotopic (exact) mass is 298 g/mol. The summed E-state index contributed by atoms with van der Waals surface area (Å²) in [6.45, 7) is 3.26. The van der Waals surface area contributed by atoms with Crippen molar-refractivity contribution in [1.82, 2.24) is 0 Å². The molecule has 1 heterocycles. The van der Waals surface area contributed by atoms with Crippen molar-refractivity contribution in [1.29, 1.82) is 0 Å². The average molecular weight is 299 g/mol. The van der Waals surface area contributed by atoms with E-state index in [1.165, 1.54) is 0 Å². The van der Waals surface area contributed by atoms with Crippen molar-refractivity contribution in [2.24, 2.45) is 0 Å². The van der Waals surface area contributed by atoms with Crippen molar-refractivity contribution in [2.75, 3.05) is 13.2 Å². The largest absolute Gasteiger partial charge is 0.490 e. The van der Waals surface area contributed by atoms with E-state index in [1.54, 1.807) is 6.07 Å². The molecule has 0 saturated carbocycles. The fourth-order valence-corrected chi connectivity index (χ4v) is 2.58. The average Bonchev–Trinajstić information content (AvgIpc) is 2.79. The summed E-state index contributed by atoms with van der Waals surface area (Å²) in [6, 6.07) is 3.71. The highest BCUT2D eigenvalue weighted by Gasteiger charge is 2.17. The van der Waals surface area contributed by atoms with Crippen LogP contribution in [0.25, 0.3) is 0 Å². The van der Waals surface area contributed by atoms with Crippen molar-refractivity contribution < 1.29 is 14.3 Å². The molecule has 0 bridgehead atoms. The van der Waals surface area contributed by atoms with Crippen LogP contribution in [0.3, 0.4) is 0 Å². The summed E-state index contributed by atoms with van der Waals surface area (Å²) in [5, 5.41) is 0. The lowest BCUT2D eigenvalue weighted by Gasteiger charge is -2.15. The second-order valence-electron chi connectivity index (χ2n) is 4.20. The van der Waals surface area contributed by atoms with Crippen LogP contribution in [0.4, 0.5) is 0 Å². The lowest BCUT2D eigenvalue weighted by molar-refractivity contribution is 0.0672. The Morgan fingerprint density at radius 1 is 1.59 bits per heavy atom. The Morgan fingerprint density at radius 2 is 2.41 bits per heavy atom. The van der Waals surface area contributed by atoms with Crippen LogP contribution < -0.4 is 4.74 Å². The van der Waals surface area contributed by atoms with Crippen LogP contribution in [0.2, 0.25) is 0 Å². The second kappa shape index (κ2) is 5.65. The van der Waals surface area contributed by atoms with Crippen LogP contribution >= 0.6 is 15.9 Å². The number of benzene rings is 1. The molecule has 1 saturated heterocycles. The molecule has 0 N–H and O–H groups in total. The van der Waals surface area contributed by atoms with E-state index >= 15 is 0 Å². The molecule has 0 radical (unpaired) electrons. The topological polar surface area (TPSA) is 35.5 Å². The Kier molecular flexibility index (Phi) is 4.18. The zero-order valence-electron chi connectivity index (χ0n) is 9.74. The van der Waals surface area contributed by atoms with Gasteiger partial charge >= 0.3 is 0 Å². The minimum absolute atomic E-state index is 0.164. The van der Waals surface area contributed by atoms with Crippen LogP contribution in [0.1, 0.15) is 28.8 Å². The van der Waals surface area contributed by atoms with Crippen LogP contribution in [-0.2, 0) is 4.74 Å². The number of ether oxygens (including phenoxy) is 2. The van der Waals surface area contributed by atoms with E-state index in [1.807, 2.05) is 13.0 Å². The van der Waals surface area contributed by atoms with Crippen LogP contribution in [0.5, 0.6) is 5.75 Å². The van der Waals surface area contributed by atoms with E-state index < -0.39 is 0 Å². The number of carbonyl (C=O) groups excluding carboxylic acids is 1. The third-order valence-electron chi connectivity index (χ3n) is 2.83. The molecule has 1 aromatic carbocycles. The van der Waals surface area contributed by atoms with Gasteiger partial charge in [-0.2, -0.15) is 0 Å². The lowest BCUT2D eigenvalue weighted by atomic mass is 10.1. The normalized spacial score (nSPS) is 19.3. The van der Waals surface area contributed by atoms with Gasteiger partial charge in [0.2, 0.25) is 0 Å². The van der Waals surface area contributed by atoms with Gasteiger partial charge in [0.25, 0.3) is 0 Å². The maximum Gasteiger partial charge on any atom is 0.153 e. The molecule has 4 heteroatoms. The number of hydrogen-bond donors (Lipinski definition) is 0. The highest BCUT2D eigenvalue weighted by Crippen LogP contribution is 2.27. The lowest BCUT2D eigenvalue weighted by Crippen LogP contribution is -2.17. The number of aryl methyl sites for hydroxylation is 1. The van der Waals surface area contributed by atoms with Gasteiger partial charge in [0.15, 0.2) is 6.29 Å². The zero-order valence-corrected chi connectivity index (χ0v) is 11.3. The zero-order chi connectivity index (χ0) is 12.3. The van der Waals surface area contributed by atoms with Crippen LogP contribution in [0.15, 0.2) is 16.6 Å². The molecule has 1 fully saturated rings. The molecular formula is C13H15BrO3. The number of aldehydes is 1. The number of hydrogen-bond acceptors (Lipinski definition) is 3. The predicted molar refractivity (Wildman–Crippen MR) is 68.7 cm³/mol. The molecule has 92 valence electrons. The van der Waals surface area contributed by atoms with Gasteiger partial charge in [-0.15, -0.1) is 0 Å². The third-order valence-corrected chi connectivity index (χ3v) is 3.29. The molecule has 1 aliphatic rings. The number of carbonyl (C=O) groups is 1. The van der Waals surface area contributed by atoms with Gasteiger partial charge in [-0.05, 0) is 37.5 Å². The second-order valence-corrected chi connectivity index (χ2v) is 5.12. The fourth-order valence-electron chi connectivity index (χ4n) is 1.99. The molecule has 1 atom stereocenters. The molecule has 0 aliphatic carbocycles. The first-order valence-corrected chi connectivity index (χ1v) is 6.49. The molecule has 3 nitrogen and oxygen atoms in total. The minimum Gasteiger partial charge on any atom is -0.490 e. The maximum absolute atomic E-state index is 11.0. The minimum atomic E-state index is 0.164. The Morgan fingerprint density at radius 3 is 3.06 bits per heavy atom. The molecule has 2 rings (SSSR count). The standard InChI is InChI=1S/C13H15BrO3/c1-9-5-11(14)6-10(7-15)13(9)17-8-12-3-2-4-16-12/h5-7,12H,2-4,8H2,1H3. The van der Waals surface area contributed by atoms with E-state index in [-0.39, 0.29) is 6.10 Å². The first kappa shape index (κ1) is 12.6. The summed E-state index contributed by atoms with van der Waals surface area (Å²) in [6.07, 6.45) is 3.11. The van der Waals surface area contributed by atoms with Crippen molar-refractivity contribution in [3.8, 4) is 5.75 Å². The van der Waals surface area contributed by atoms with Gasteiger partial charge in [0.05, 0.1) is 11.7 Å². The number of halogens is 1. The van der Waals surface area contributed by atoms with E-state index in [2.05, 4.69) is 15.9 Å². The predicted octanol–water partition coefficient (Wildman–Crippen LogP) is 3.13. The van der Waals surface area contributed by atoms with Gasteiger partial charge in [0, 0.05) is 11.1 Å². The molecule has 17 heavy (non-hydrogen) atoms. The molecule has 1 aliphatic heterocycles. The first-order chi connectivity index (χ1) is 8.20. The molecule has 1 unspecified atom stereocenters. The molecule has 0 aromatic heterocycles. The van der Waals surface area contributed by atoms with Crippen molar-refractivity contribution in [3.05, 3.63) is 27.7 Å². The Bertz CT molecular complexity index is 411. The van der Waals surface area contributed by atoms with Gasteiger partial charge in [0.1, 0.15) is 12.4 Å². The van der Waals surface area contributed by atoms with Crippen molar-refractivity contribution >= 4 is 22.2 Å². The molecule has 0 amide bonds. The molecule has 1 aromatic rings. The summed E-state index contributed by atoms with van der Waals surface area (Å²) >= 11 is 3.37. The fraction of sp³-hybridized carbons (Fsp3) is 0.462. The highest BCUT2D eigenvalue weighted by atomic mass is 79.9. The molecular weight excluding hydrogens is 284 g/mol. The van der Waals surface area contributed by atoms with Gasteiger partial charge in [-0.1, -0.05) is 15.9 Å². The maximum atomic E-state index is 11.0. The Labute approximate surface area is 109 Å². The van der Waals surface area contributed by atoms with E-state index in [4.69, 9.17) is 9.47 Å². The summed E-state index contributed by atoms with van der Waals surface area (Å²) in [5.41, 5.74) is 1.54. The Balaban J connectivity index is 2.10. The van der Waals surface area contributed by atoms with Crippen LogP contribution in [0, 0.1) is 6.92 Å². The Hall–Kier alpha value is -0.870. The van der Waals surface area contributed by atoms with Gasteiger partial charge < -0.3 is 9.47 Å².